The van der Waals surface area contributed by atoms with Crippen LogP contribution in [0.4, 0.5) is 5.69 Å². The number of methoxy groups -OCH3 is 1. The van der Waals surface area contributed by atoms with E-state index in [0.29, 0.717) is 11.5 Å². The molecule has 0 N–H and O–H groups in total. The van der Waals surface area contributed by atoms with Crippen molar-refractivity contribution in [2.75, 3.05) is 7.11 Å². The molecule has 0 radical (unpaired) electrons. The standard InChI is InChI=1S/C19H20N4O3S/c1-4-22-18(14-7-5-6-13(2)10-14)20-21-19(22)27-12-15-11-16(23(24)25)8-9-17(15)26-3/h5-11H,4,12H2,1-3H3. The molecule has 0 aliphatic heterocycles. The summed E-state index contributed by atoms with van der Waals surface area (Å²) in [6.45, 7) is 4.81. The van der Waals surface area contributed by atoms with Gasteiger partial charge < -0.3 is 9.30 Å². The second-order valence-electron chi connectivity index (χ2n) is 5.96. The highest BCUT2D eigenvalue weighted by atomic mass is 32.2. The molecule has 8 heteroatoms. The molecular formula is C19H20N4O3S. The highest BCUT2D eigenvalue weighted by molar-refractivity contribution is 7.98. The van der Waals surface area contributed by atoms with E-state index < -0.39 is 4.92 Å². The Kier molecular flexibility index (Phi) is 5.75. The van der Waals surface area contributed by atoms with E-state index in [1.165, 1.54) is 17.8 Å². The molecule has 140 valence electrons. The van der Waals surface area contributed by atoms with Crippen molar-refractivity contribution in [3.8, 4) is 17.1 Å². The number of non-ortho nitro benzene ring substituents is 1. The Bertz CT molecular complexity index is 971. The van der Waals surface area contributed by atoms with Gasteiger partial charge in [0.1, 0.15) is 5.75 Å². The Morgan fingerprint density at radius 3 is 2.70 bits per heavy atom. The number of nitrogens with zero attached hydrogens (tertiary/aromatic N) is 4. The van der Waals surface area contributed by atoms with Gasteiger partial charge in [-0.1, -0.05) is 35.5 Å². The summed E-state index contributed by atoms with van der Waals surface area (Å²) in [5.41, 5.74) is 2.97. The van der Waals surface area contributed by atoms with Gasteiger partial charge in [0, 0.05) is 35.6 Å². The number of nitro benzene ring substituents is 1. The number of hydrogen-bond acceptors (Lipinski definition) is 6. The second kappa shape index (κ2) is 8.22. The molecule has 0 aliphatic rings. The number of benzene rings is 2. The van der Waals surface area contributed by atoms with Crippen molar-refractivity contribution in [1.29, 1.82) is 0 Å². The maximum absolute atomic E-state index is 11.0. The summed E-state index contributed by atoms with van der Waals surface area (Å²) in [6, 6.07) is 12.7. The molecule has 0 amide bonds. The van der Waals surface area contributed by atoms with Gasteiger partial charge in [-0.15, -0.1) is 10.2 Å². The molecule has 0 saturated heterocycles. The van der Waals surface area contributed by atoms with Crippen molar-refractivity contribution < 1.29 is 9.66 Å². The van der Waals surface area contributed by atoms with Crippen LogP contribution in [0.3, 0.4) is 0 Å². The van der Waals surface area contributed by atoms with Crippen molar-refractivity contribution in [1.82, 2.24) is 14.8 Å². The van der Waals surface area contributed by atoms with Crippen LogP contribution in [-0.4, -0.2) is 26.8 Å². The number of aryl methyl sites for hydroxylation is 1. The molecule has 1 heterocycles. The van der Waals surface area contributed by atoms with Crippen LogP contribution in [0, 0.1) is 17.0 Å². The minimum absolute atomic E-state index is 0.0452. The Labute approximate surface area is 161 Å². The van der Waals surface area contributed by atoms with E-state index in [9.17, 15) is 10.1 Å². The average molecular weight is 384 g/mol. The molecule has 3 aromatic rings. The third-order valence-corrected chi connectivity index (χ3v) is 5.16. The Morgan fingerprint density at radius 1 is 1.22 bits per heavy atom. The third kappa shape index (κ3) is 4.11. The zero-order chi connectivity index (χ0) is 19.4. The zero-order valence-corrected chi connectivity index (χ0v) is 16.2. The van der Waals surface area contributed by atoms with Crippen molar-refractivity contribution in [3.05, 3.63) is 63.7 Å². The summed E-state index contributed by atoms with van der Waals surface area (Å²) in [6.07, 6.45) is 0. The van der Waals surface area contributed by atoms with Crippen LogP contribution in [0.5, 0.6) is 5.75 Å². The number of thioether (sulfide) groups is 1. The summed E-state index contributed by atoms with van der Waals surface area (Å²) in [4.78, 5) is 10.6. The van der Waals surface area contributed by atoms with Gasteiger partial charge in [-0.05, 0) is 26.0 Å². The first-order valence-electron chi connectivity index (χ1n) is 8.47. The fourth-order valence-corrected chi connectivity index (χ4v) is 3.79. The predicted molar refractivity (Wildman–Crippen MR) is 105 cm³/mol. The van der Waals surface area contributed by atoms with Gasteiger partial charge >= 0.3 is 0 Å². The number of nitro groups is 1. The normalized spacial score (nSPS) is 10.8. The minimum Gasteiger partial charge on any atom is -0.496 e. The fourth-order valence-electron chi connectivity index (χ4n) is 2.81. The molecule has 1 aromatic heterocycles. The molecule has 0 spiro atoms. The first kappa shape index (κ1) is 18.9. The summed E-state index contributed by atoms with van der Waals surface area (Å²) < 4.78 is 7.38. The van der Waals surface area contributed by atoms with Gasteiger partial charge in [0.05, 0.1) is 12.0 Å². The van der Waals surface area contributed by atoms with E-state index in [1.807, 2.05) is 36.6 Å². The quantitative estimate of drug-likeness (QED) is 0.339. The number of rotatable bonds is 7. The van der Waals surface area contributed by atoms with Gasteiger partial charge in [0.2, 0.25) is 0 Å². The molecule has 0 bridgehead atoms. The van der Waals surface area contributed by atoms with Crippen LogP contribution < -0.4 is 4.74 Å². The molecule has 7 nitrogen and oxygen atoms in total. The second-order valence-corrected chi connectivity index (χ2v) is 6.90. The van der Waals surface area contributed by atoms with Crippen LogP contribution in [0.1, 0.15) is 18.1 Å². The number of aromatic nitrogens is 3. The van der Waals surface area contributed by atoms with E-state index >= 15 is 0 Å². The van der Waals surface area contributed by atoms with Gasteiger partial charge in [0.25, 0.3) is 5.69 Å². The molecule has 3 rings (SSSR count). The van der Waals surface area contributed by atoms with Crippen molar-refractivity contribution in [2.45, 2.75) is 31.3 Å². The topological polar surface area (TPSA) is 83.1 Å². The van der Waals surface area contributed by atoms with Crippen LogP contribution in [-0.2, 0) is 12.3 Å². The highest BCUT2D eigenvalue weighted by Gasteiger charge is 2.16. The predicted octanol–water partition coefficient (Wildman–Crippen LogP) is 4.48. The molecule has 2 aromatic carbocycles. The van der Waals surface area contributed by atoms with Crippen molar-refractivity contribution in [3.63, 3.8) is 0 Å². The summed E-state index contributed by atoms with van der Waals surface area (Å²) in [7, 11) is 1.56. The lowest BCUT2D eigenvalue weighted by atomic mass is 10.1. The van der Waals surface area contributed by atoms with E-state index in [0.717, 1.165) is 34.2 Å². The van der Waals surface area contributed by atoms with Crippen LogP contribution in [0.15, 0.2) is 47.6 Å². The lowest BCUT2D eigenvalue weighted by Gasteiger charge is -2.10. The number of hydrogen-bond donors (Lipinski definition) is 0. The summed E-state index contributed by atoms with van der Waals surface area (Å²) in [5.74, 6) is 1.93. The Hall–Kier alpha value is -2.87. The van der Waals surface area contributed by atoms with Gasteiger partial charge in [-0.3, -0.25) is 10.1 Å². The first-order valence-corrected chi connectivity index (χ1v) is 9.46. The van der Waals surface area contributed by atoms with Crippen molar-refractivity contribution >= 4 is 17.4 Å². The molecular weight excluding hydrogens is 364 g/mol. The Morgan fingerprint density at radius 2 is 2.04 bits per heavy atom. The highest BCUT2D eigenvalue weighted by Crippen LogP contribution is 2.31. The fraction of sp³-hybridized carbons (Fsp3) is 0.263. The first-order chi connectivity index (χ1) is 13.0. The van der Waals surface area contributed by atoms with E-state index in [4.69, 9.17) is 4.74 Å². The number of ether oxygens (including phenoxy) is 1. The summed E-state index contributed by atoms with van der Waals surface area (Å²) in [5, 5.41) is 20.5. The van der Waals surface area contributed by atoms with Gasteiger partial charge in [0.15, 0.2) is 11.0 Å². The van der Waals surface area contributed by atoms with Crippen molar-refractivity contribution in [2.24, 2.45) is 0 Å². The smallest absolute Gasteiger partial charge is 0.270 e. The average Bonchev–Trinajstić information content (AvgIpc) is 3.09. The maximum atomic E-state index is 11.0. The minimum atomic E-state index is -0.405. The molecule has 0 aliphatic carbocycles. The monoisotopic (exact) mass is 384 g/mol. The van der Waals surface area contributed by atoms with E-state index in [-0.39, 0.29) is 5.69 Å². The molecule has 0 atom stereocenters. The van der Waals surface area contributed by atoms with Gasteiger partial charge in [-0.2, -0.15) is 0 Å². The van der Waals surface area contributed by atoms with E-state index in [1.54, 1.807) is 19.2 Å². The van der Waals surface area contributed by atoms with E-state index in [2.05, 4.69) is 16.3 Å². The molecule has 0 saturated carbocycles. The molecule has 0 unspecified atom stereocenters. The van der Waals surface area contributed by atoms with Crippen LogP contribution in [0.2, 0.25) is 0 Å². The van der Waals surface area contributed by atoms with Gasteiger partial charge in [-0.25, -0.2) is 0 Å². The SMILES string of the molecule is CCn1c(SCc2cc([N+](=O)[O-])ccc2OC)nnc1-c1cccc(C)c1. The largest absolute Gasteiger partial charge is 0.496 e. The zero-order valence-electron chi connectivity index (χ0n) is 15.4. The van der Waals surface area contributed by atoms with Crippen LogP contribution in [0.25, 0.3) is 11.4 Å². The lowest BCUT2D eigenvalue weighted by Crippen LogP contribution is -2.00. The maximum Gasteiger partial charge on any atom is 0.270 e. The molecule has 27 heavy (non-hydrogen) atoms. The lowest BCUT2D eigenvalue weighted by molar-refractivity contribution is -0.384. The Balaban J connectivity index is 1.87. The third-order valence-electron chi connectivity index (χ3n) is 4.14. The van der Waals surface area contributed by atoms with Crippen LogP contribution >= 0.6 is 11.8 Å². The summed E-state index contributed by atoms with van der Waals surface area (Å²) >= 11 is 1.48. The molecule has 0 fully saturated rings.